The molecule has 0 heterocycles. The highest BCUT2D eigenvalue weighted by molar-refractivity contribution is 7.80. The van der Waals surface area contributed by atoms with Crippen molar-refractivity contribution in [2.24, 2.45) is 5.73 Å². The Hall–Kier alpha value is -1.31. The molecular weight excluding hydrogens is 286 g/mol. The normalized spacial score (nSPS) is 10.6. The van der Waals surface area contributed by atoms with Gasteiger partial charge in [-0.25, -0.2) is 8.78 Å². The average molecular weight is 304 g/mol. The van der Waals surface area contributed by atoms with E-state index in [4.69, 9.17) is 15.2 Å². The minimum Gasteiger partial charge on any atom is -0.389 e. The molecule has 1 rings (SSSR count). The van der Waals surface area contributed by atoms with Crippen LogP contribution in [0.5, 0.6) is 0 Å². The minimum atomic E-state index is -1.03. The van der Waals surface area contributed by atoms with Crippen molar-refractivity contribution in [3.05, 3.63) is 29.3 Å². The van der Waals surface area contributed by atoms with Crippen LogP contribution in [0.4, 0.5) is 14.5 Å². The SMILES string of the molecule is COCCOCCCNc1ccc(C(N)=S)c(F)c1F. The van der Waals surface area contributed by atoms with E-state index in [-0.39, 0.29) is 16.2 Å². The summed E-state index contributed by atoms with van der Waals surface area (Å²) in [6.45, 7) is 2.04. The van der Waals surface area contributed by atoms with E-state index in [9.17, 15) is 8.78 Å². The Labute approximate surface area is 122 Å². The van der Waals surface area contributed by atoms with Gasteiger partial charge in [-0.2, -0.15) is 0 Å². The van der Waals surface area contributed by atoms with Crippen LogP contribution >= 0.6 is 12.2 Å². The van der Waals surface area contributed by atoms with Gasteiger partial charge in [0.1, 0.15) is 4.99 Å². The van der Waals surface area contributed by atoms with Crippen molar-refractivity contribution in [1.82, 2.24) is 0 Å². The number of hydrogen-bond acceptors (Lipinski definition) is 4. The molecule has 3 N–H and O–H groups in total. The molecule has 0 unspecified atom stereocenters. The van der Waals surface area contributed by atoms with Gasteiger partial charge >= 0.3 is 0 Å². The Morgan fingerprint density at radius 1 is 1.25 bits per heavy atom. The lowest BCUT2D eigenvalue weighted by atomic mass is 10.1. The second-order valence-corrected chi connectivity index (χ2v) is 4.48. The number of halogens is 2. The third-order valence-electron chi connectivity index (χ3n) is 2.56. The first-order chi connectivity index (χ1) is 9.57. The summed E-state index contributed by atoms with van der Waals surface area (Å²) in [7, 11) is 1.60. The smallest absolute Gasteiger partial charge is 0.182 e. The molecular formula is C13H18F2N2O2S. The van der Waals surface area contributed by atoms with Crippen LogP contribution in [0, 0.1) is 11.6 Å². The Kier molecular flexibility index (Phi) is 7.35. The number of methoxy groups -OCH3 is 1. The Morgan fingerprint density at radius 3 is 2.65 bits per heavy atom. The molecule has 4 nitrogen and oxygen atoms in total. The van der Waals surface area contributed by atoms with Crippen molar-refractivity contribution in [1.29, 1.82) is 0 Å². The van der Waals surface area contributed by atoms with Crippen molar-refractivity contribution in [3.8, 4) is 0 Å². The van der Waals surface area contributed by atoms with Gasteiger partial charge < -0.3 is 20.5 Å². The summed E-state index contributed by atoms with van der Waals surface area (Å²) < 4.78 is 37.4. The number of anilines is 1. The number of nitrogens with one attached hydrogen (secondary N) is 1. The Morgan fingerprint density at radius 2 is 2.00 bits per heavy atom. The minimum absolute atomic E-state index is 0.0828. The first kappa shape index (κ1) is 16.7. The molecule has 0 aromatic heterocycles. The molecule has 0 spiro atoms. The molecule has 1 aromatic rings. The van der Waals surface area contributed by atoms with Crippen LogP contribution in [0.2, 0.25) is 0 Å². The molecule has 0 saturated heterocycles. The quantitative estimate of drug-likeness (QED) is 0.540. The van der Waals surface area contributed by atoms with E-state index >= 15 is 0 Å². The highest BCUT2D eigenvalue weighted by atomic mass is 32.1. The van der Waals surface area contributed by atoms with Crippen LogP contribution in [0.25, 0.3) is 0 Å². The number of nitrogens with two attached hydrogens (primary N) is 1. The summed E-state index contributed by atoms with van der Waals surface area (Å²) in [6, 6.07) is 2.77. The zero-order chi connectivity index (χ0) is 15.0. The molecule has 112 valence electrons. The molecule has 7 heteroatoms. The topological polar surface area (TPSA) is 56.5 Å². The molecule has 0 aliphatic carbocycles. The maximum Gasteiger partial charge on any atom is 0.182 e. The molecule has 0 amide bonds. The van der Waals surface area contributed by atoms with Crippen LogP contribution < -0.4 is 11.1 Å². The third-order valence-corrected chi connectivity index (χ3v) is 2.78. The Bertz CT molecular complexity index is 458. The maximum absolute atomic E-state index is 13.7. The maximum atomic E-state index is 13.7. The van der Waals surface area contributed by atoms with Gasteiger partial charge in [-0.3, -0.25) is 0 Å². The van der Waals surface area contributed by atoms with E-state index in [2.05, 4.69) is 17.5 Å². The Balaban J connectivity index is 2.41. The highest BCUT2D eigenvalue weighted by Gasteiger charge is 2.14. The fourth-order valence-corrected chi connectivity index (χ4v) is 1.68. The summed E-state index contributed by atoms with van der Waals surface area (Å²) in [5, 5.41) is 2.80. The molecule has 0 aliphatic rings. The van der Waals surface area contributed by atoms with E-state index < -0.39 is 11.6 Å². The van der Waals surface area contributed by atoms with Crippen molar-refractivity contribution in [3.63, 3.8) is 0 Å². The summed E-state index contributed by atoms with van der Waals surface area (Å²) in [5.41, 5.74) is 5.28. The van der Waals surface area contributed by atoms with Crippen LogP contribution in [0.1, 0.15) is 12.0 Å². The molecule has 0 fully saturated rings. The van der Waals surface area contributed by atoms with Gasteiger partial charge in [0.15, 0.2) is 11.6 Å². The van der Waals surface area contributed by atoms with Crippen molar-refractivity contribution >= 4 is 22.9 Å². The first-order valence-corrected chi connectivity index (χ1v) is 6.57. The number of rotatable bonds is 9. The summed E-state index contributed by atoms with van der Waals surface area (Å²) in [6.07, 6.45) is 0.668. The van der Waals surface area contributed by atoms with Crippen LogP contribution in [-0.4, -0.2) is 38.5 Å². The number of thiocarbonyl (C=S) groups is 1. The predicted molar refractivity (Wildman–Crippen MR) is 78.0 cm³/mol. The molecule has 0 bridgehead atoms. The van der Waals surface area contributed by atoms with Gasteiger partial charge in [-0.05, 0) is 18.6 Å². The standard InChI is InChI=1S/C13H18F2N2O2S/c1-18-7-8-19-6-2-5-17-10-4-3-9(13(16)20)11(14)12(10)15/h3-4,17H,2,5-8H2,1H3,(H2,16,20). The molecule has 1 aromatic carbocycles. The zero-order valence-electron chi connectivity index (χ0n) is 11.2. The molecule has 0 atom stereocenters. The molecule has 0 saturated carbocycles. The molecule has 0 radical (unpaired) electrons. The third kappa shape index (κ3) is 4.99. The zero-order valence-corrected chi connectivity index (χ0v) is 12.1. The fraction of sp³-hybridized carbons (Fsp3) is 0.462. The van der Waals surface area contributed by atoms with Crippen LogP contribution in [-0.2, 0) is 9.47 Å². The molecule has 20 heavy (non-hydrogen) atoms. The van der Waals surface area contributed by atoms with Gasteiger partial charge in [-0.1, -0.05) is 12.2 Å². The lowest BCUT2D eigenvalue weighted by molar-refractivity contribution is 0.0705. The molecule has 0 aliphatic heterocycles. The van der Waals surface area contributed by atoms with E-state index in [1.165, 1.54) is 12.1 Å². The van der Waals surface area contributed by atoms with Crippen molar-refractivity contribution < 1.29 is 18.3 Å². The van der Waals surface area contributed by atoms with Crippen LogP contribution in [0.15, 0.2) is 12.1 Å². The summed E-state index contributed by atoms with van der Waals surface area (Å²) in [4.78, 5) is -0.167. The number of benzene rings is 1. The van der Waals surface area contributed by atoms with E-state index in [1.54, 1.807) is 7.11 Å². The van der Waals surface area contributed by atoms with Gasteiger partial charge in [0.2, 0.25) is 0 Å². The summed E-state index contributed by atoms with van der Waals surface area (Å²) >= 11 is 4.63. The van der Waals surface area contributed by atoms with Crippen molar-refractivity contribution in [2.75, 3.05) is 38.8 Å². The highest BCUT2D eigenvalue weighted by Crippen LogP contribution is 2.20. The van der Waals surface area contributed by atoms with E-state index in [0.29, 0.717) is 32.8 Å². The lowest BCUT2D eigenvalue weighted by Gasteiger charge is -2.10. The van der Waals surface area contributed by atoms with Gasteiger partial charge in [-0.15, -0.1) is 0 Å². The van der Waals surface area contributed by atoms with E-state index in [0.717, 1.165) is 0 Å². The van der Waals surface area contributed by atoms with Crippen molar-refractivity contribution in [2.45, 2.75) is 6.42 Å². The monoisotopic (exact) mass is 304 g/mol. The second-order valence-electron chi connectivity index (χ2n) is 4.04. The fourth-order valence-electron chi connectivity index (χ4n) is 1.52. The second kappa shape index (κ2) is 8.78. The summed E-state index contributed by atoms with van der Waals surface area (Å²) in [5.74, 6) is -2.01. The van der Waals surface area contributed by atoms with Gasteiger partial charge in [0.25, 0.3) is 0 Å². The first-order valence-electron chi connectivity index (χ1n) is 6.16. The lowest BCUT2D eigenvalue weighted by Crippen LogP contribution is -2.14. The number of hydrogen-bond donors (Lipinski definition) is 2. The van der Waals surface area contributed by atoms with Gasteiger partial charge in [0, 0.05) is 25.8 Å². The van der Waals surface area contributed by atoms with Gasteiger partial charge in [0.05, 0.1) is 18.9 Å². The predicted octanol–water partition coefficient (Wildman–Crippen LogP) is 2.06. The average Bonchev–Trinajstić information content (AvgIpc) is 2.42. The van der Waals surface area contributed by atoms with Crippen LogP contribution in [0.3, 0.4) is 0 Å². The number of ether oxygens (including phenoxy) is 2. The van der Waals surface area contributed by atoms with E-state index in [1.807, 2.05) is 0 Å². The largest absolute Gasteiger partial charge is 0.389 e.